The highest BCUT2D eigenvalue weighted by molar-refractivity contribution is 6.48. The van der Waals surface area contributed by atoms with E-state index in [1.165, 1.54) is 13.4 Å². The SMILES string of the molecule is CCOc1ccc(NC(=O)/C(C#N)=N/Nc2nc[nH]c2C(=O)NC)cc1. The van der Waals surface area contributed by atoms with Gasteiger partial charge >= 0.3 is 0 Å². The van der Waals surface area contributed by atoms with Gasteiger partial charge in [0.1, 0.15) is 17.5 Å². The van der Waals surface area contributed by atoms with Crippen LogP contribution in [0.1, 0.15) is 17.4 Å². The van der Waals surface area contributed by atoms with E-state index in [1.54, 1.807) is 30.3 Å². The lowest BCUT2D eigenvalue weighted by molar-refractivity contribution is -0.110. The van der Waals surface area contributed by atoms with Crippen LogP contribution in [0, 0.1) is 11.3 Å². The van der Waals surface area contributed by atoms with E-state index in [0.29, 0.717) is 18.0 Å². The predicted octanol–water partition coefficient (Wildman–Crippen LogP) is 1.10. The highest BCUT2D eigenvalue weighted by atomic mass is 16.5. The van der Waals surface area contributed by atoms with Gasteiger partial charge in [-0.1, -0.05) is 0 Å². The molecule has 1 heterocycles. The standard InChI is InChI=1S/C16H17N7O3/c1-3-26-11-6-4-10(5-7-11)21-15(24)12(8-17)22-23-14-13(16(25)18-2)19-9-20-14/h4-7,9,23H,3H2,1-2H3,(H,18,25)(H,19,20)(H,21,24)/b22-12+. The average molecular weight is 355 g/mol. The first-order valence-electron chi connectivity index (χ1n) is 7.62. The molecule has 10 heteroatoms. The van der Waals surface area contributed by atoms with Gasteiger partial charge in [-0.05, 0) is 31.2 Å². The van der Waals surface area contributed by atoms with Crippen molar-refractivity contribution in [3.63, 3.8) is 0 Å². The summed E-state index contributed by atoms with van der Waals surface area (Å²) in [5.41, 5.74) is 2.61. The third kappa shape index (κ3) is 4.57. The summed E-state index contributed by atoms with van der Waals surface area (Å²) in [6, 6.07) is 8.36. The van der Waals surface area contributed by atoms with Crippen LogP contribution in [0.5, 0.6) is 5.75 Å². The molecule has 1 aromatic carbocycles. The Morgan fingerprint density at radius 3 is 2.69 bits per heavy atom. The fraction of sp³-hybridized carbons (Fsp3) is 0.188. The van der Waals surface area contributed by atoms with Crippen molar-refractivity contribution in [2.45, 2.75) is 6.92 Å². The molecule has 0 saturated heterocycles. The smallest absolute Gasteiger partial charge is 0.287 e. The number of nitrogens with zero attached hydrogens (tertiary/aromatic N) is 3. The second-order valence-electron chi connectivity index (χ2n) is 4.80. The third-order valence-corrected chi connectivity index (χ3v) is 3.11. The molecule has 2 aromatic rings. The zero-order valence-electron chi connectivity index (χ0n) is 14.2. The first-order valence-corrected chi connectivity index (χ1v) is 7.62. The number of benzene rings is 1. The number of H-pyrrole nitrogens is 1. The Balaban J connectivity index is 2.06. The molecule has 2 rings (SSSR count). The Labute approximate surface area is 149 Å². The number of hydrogen-bond acceptors (Lipinski definition) is 7. The summed E-state index contributed by atoms with van der Waals surface area (Å²) in [5, 5.41) is 17.8. The van der Waals surface area contributed by atoms with Crippen LogP contribution in [0.3, 0.4) is 0 Å². The van der Waals surface area contributed by atoms with E-state index in [4.69, 9.17) is 10.00 Å². The average Bonchev–Trinajstić information content (AvgIpc) is 3.12. The Morgan fingerprint density at radius 2 is 2.08 bits per heavy atom. The van der Waals surface area contributed by atoms with Crippen LogP contribution in [0.4, 0.5) is 11.5 Å². The minimum absolute atomic E-state index is 0.0889. The molecule has 0 aliphatic carbocycles. The normalized spacial score (nSPS) is 10.6. The maximum Gasteiger partial charge on any atom is 0.287 e. The second-order valence-corrected chi connectivity index (χ2v) is 4.80. The van der Waals surface area contributed by atoms with Crippen LogP contribution in [0.2, 0.25) is 0 Å². The largest absolute Gasteiger partial charge is 0.494 e. The number of aromatic amines is 1. The minimum Gasteiger partial charge on any atom is -0.494 e. The lowest BCUT2D eigenvalue weighted by atomic mass is 10.3. The van der Waals surface area contributed by atoms with Crippen LogP contribution in [0.25, 0.3) is 0 Å². The van der Waals surface area contributed by atoms with Crippen molar-refractivity contribution in [2.75, 3.05) is 24.4 Å². The van der Waals surface area contributed by atoms with E-state index in [-0.39, 0.29) is 11.5 Å². The predicted molar refractivity (Wildman–Crippen MR) is 94.9 cm³/mol. The second kappa shape index (κ2) is 8.84. The molecule has 0 bridgehead atoms. The number of anilines is 2. The molecule has 0 saturated carbocycles. The number of hydrazone groups is 1. The van der Waals surface area contributed by atoms with E-state index in [2.05, 4.69) is 31.1 Å². The van der Waals surface area contributed by atoms with Gasteiger partial charge < -0.3 is 20.4 Å². The summed E-state index contributed by atoms with van der Waals surface area (Å²) in [6.07, 6.45) is 1.29. The van der Waals surface area contributed by atoms with Gasteiger partial charge in [-0.2, -0.15) is 10.4 Å². The van der Waals surface area contributed by atoms with Gasteiger partial charge in [0.15, 0.2) is 5.82 Å². The van der Waals surface area contributed by atoms with Crippen molar-refractivity contribution in [2.24, 2.45) is 5.10 Å². The molecule has 0 spiro atoms. The molecule has 2 amide bonds. The number of imidazole rings is 1. The topological polar surface area (TPSA) is 144 Å². The first kappa shape index (κ1) is 18.5. The van der Waals surface area contributed by atoms with Gasteiger partial charge in [-0.25, -0.2) is 4.98 Å². The number of nitrogens with one attached hydrogen (secondary N) is 4. The van der Waals surface area contributed by atoms with Crippen LogP contribution >= 0.6 is 0 Å². The Bertz CT molecular complexity index is 849. The fourth-order valence-electron chi connectivity index (χ4n) is 1.90. The molecular weight excluding hydrogens is 338 g/mol. The molecule has 1 aromatic heterocycles. The van der Waals surface area contributed by atoms with Crippen LogP contribution < -0.4 is 20.8 Å². The number of hydrogen-bond donors (Lipinski definition) is 4. The van der Waals surface area contributed by atoms with E-state index >= 15 is 0 Å². The van der Waals surface area contributed by atoms with Gasteiger partial charge in [-0.3, -0.25) is 15.0 Å². The monoisotopic (exact) mass is 355 g/mol. The molecule has 0 aliphatic rings. The maximum atomic E-state index is 12.1. The maximum absolute atomic E-state index is 12.1. The highest BCUT2D eigenvalue weighted by Crippen LogP contribution is 2.15. The number of nitriles is 1. The molecule has 4 N–H and O–H groups in total. The van der Waals surface area contributed by atoms with Crippen molar-refractivity contribution < 1.29 is 14.3 Å². The van der Waals surface area contributed by atoms with Crippen LogP contribution in [0.15, 0.2) is 35.7 Å². The Hall–Kier alpha value is -3.87. The quantitative estimate of drug-likeness (QED) is 0.432. The van der Waals surface area contributed by atoms with E-state index in [9.17, 15) is 9.59 Å². The number of carbonyl (C=O) groups is 2. The van der Waals surface area contributed by atoms with Crippen LogP contribution in [-0.2, 0) is 4.79 Å². The van der Waals surface area contributed by atoms with Gasteiger partial charge in [-0.15, -0.1) is 0 Å². The molecule has 0 aliphatic heterocycles. The minimum atomic E-state index is -0.707. The summed E-state index contributed by atoms with van der Waals surface area (Å²) < 4.78 is 5.31. The first-order chi connectivity index (χ1) is 12.6. The van der Waals surface area contributed by atoms with E-state index in [1.807, 2.05) is 6.92 Å². The number of rotatable bonds is 7. The molecular formula is C16H17N7O3. The van der Waals surface area contributed by atoms with Crippen molar-refractivity contribution in [3.05, 3.63) is 36.3 Å². The highest BCUT2D eigenvalue weighted by Gasteiger charge is 2.15. The molecule has 0 atom stereocenters. The van der Waals surface area contributed by atoms with Crippen molar-refractivity contribution >= 4 is 29.0 Å². The zero-order valence-corrected chi connectivity index (χ0v) is 14.2. The fourth-order valence-corrected chi connectivity index (χ4v) is 1.90. The summed E-state index contributed by atoms with van der Waals surface area (Å²) in [6.45, 7) is 2.40. The van der Waals surface area contributed by atoms with Gasteiger partial charge in [0, 0.05) is 12.7 Å². The molecule has 10 nitrogen and oxygen atoms in total. The van der Waals surface area contributed by atoms with Gasteiger partial charge in [0.2, 0.25) is 5.71 Å². The van der Waals surface area contributed by atoms with Crippen molar-refractivity contribution in [1.82, 2.24) is 15.3 Å². The Morgan fingerprint density at radius 1 is 1.35 bits per heavy atom. The number of aromatic nitrogens is 2. The third-order valence-electron chi connectivity index (χ3n) is 3.11. The Kier molecular flexibility index (Phi) is 6.28. The summed E-state index contributed by atoms with van der Waals surface area (Å²) in [4.78, 5) is 30.3. The van der Waals surface area contributed by atoms with E-state index < -0.39 is 17.5 Å². The summed E-state index contributed by atoms with van der Waals surface area (Å²) >= 11 is 0. The molecule has 0 radical (unpaired) electrons. The zero-order chi connectivity index (χ0) is 18.9. The van der Waals surface area contributed by atoms with Crippen molar-refractivity contribution in [1.29, 1.82) is 5.26 Å². The van der Waals surface area contributed by atoms with Gasteiger partial charge in [0.05, 0.1) is 12.9 Å². The number of ether oxygens (including phenoxy) is 1. The molecule has 134 valence electrons. The summed E-state index contributed by atoms with van der Waals surface area (Å²) in [5.74, 6) is -0.369. The van der Waals surface area contributed by atoms with Gasteiger partial charge in [0.25, 0.3) is 11.8 Å². The summed E-state index contributed by atoms with van der Waals surface area (Å²) in [7, 11) is 1.46. The van der Waals surface area contributed by atoms with Crippen molar-refractivity contribution in [3.8, 4) is 11.8 Å². The lowest BCUT2D eigenvalue weighted by Crippen LogP contribution is -2.23. The van der Waals surface area contributed by atoms with Crippen LogP contribution in [-0.4, -0.2) is 41.1 Å². The molecule has 0 fully saturated rings. The molecule has 0 unspecified atom stereocenters. The number of carbonyl (C=O) groups excluding carboxylic acids is 2. The molecule has 26 heavy (non-hydrogen) atoms. The lowest BCUT2D eigenvalue weighted by Gasteiger charge is -2.06. The number of amides is 2. The van der Waals surface area contributed by atoms with E-state index in [0.717, 1.165) is 0 Å².